The van der Waals surface area contributed by atoms with Gasteiger partial charge < -0.3 is 0 Å². The highest BCUT2D eigenvalue weighted by molar-refractivity contribution is 5.81. The van der Waals surface area contributed by atoms with Crippen molar-refractivity contribution in [3.63, 3.8) is 0 Å². The third kappa shape index (κ3) is 2.60. The van der Waals surface area contributed by atoms with Crippen LogP contribution in [-0.4, -0.2) is 0 Å². The minimum atomic E-state index is -4.31. The number of halogens is 3. The zero-order valence-electron chi connectivity index (χ0n) is 11.7. The molecular formula is C18H15F3. The number of alkyl halides is 3. The second-order valence-electron chi connectivity index (χ2n) is 5.29. The Morgan fingerprint density at radius 2 is 1.81 bits per heavy atom. The van der Waals surface area contributed by atoms with Gasteiger partial charge in [0.25, 0.3) is 0 Å². The third-order valence-corrected chi connectivity index (χ3v) is 3.92. The average molecular weight is 288 g/mol. The molecule has 0 saturated carbocycles. The van der Waals surface area contributed by atoms with Gasteiger partial charge in [0.05, 0.1) is 5.56 Å². The van der Waals surface area contributed by atoms with E-state index in [0.29, 0.717) is 5.56 Å². The van der Waals surface area contributed by atoms with Gasteiger partial charge in [-0.25, -0.2) is 0 Å². The van der Waals surface area contributed by atoms with Gasteiger partial charge in [-0.2, -0.15) is 13.2 Å². The number of hydrogen-bond acceptors (Lipinski definition) is 0. The van der Waals surface area contributed by atoms with Gasteiger partial charge in [-0.15, -0.1) is 0 Å². The topological polar surface area (TPSA) is 0 Å². The Bertz CT molecular complexity index is 709. The van der Waals surface area contributed by atoms with E-state index in [1.165, 1.54) is 23.3 Å². The second-order valence-corrected chi connectivity index (χ2v) is 5.29. The molecule has 3 heteroatoms. The minimum absolute atomic E-state index is 0.602. The van der Waals surface area contributed by atoms with E-state index in [9.17, 15) is 13.2 Å². The molecule has 0 spiro atoms. The first kappa shape index (κ1) is 13.9. The van der Waals surface area contributed by atoms with Gasteiger partial charge in [0.2, 0.25) is 0 Å². The first-order chi connectivity index (χ1) is 9.99. The lowest BCUT2D eigenvalue weighted by Crippen LogP contribution is -2.04. The van der Waals surface area contributed by atoms with E-state index in [1.807, 2.05) is 18.2 Å². The largest absolute Gasteiger partial charge is 0.416 e. The predicted molar refractivity (Wildman–Crippen MR) is 78.9 cm³/mol. The van der Waals surface area contributed by atoms with Crippen LogP contribution in [0.1, 0.15) is 30.0 Å². The van der Waals surface area contributed by atoms with E-state index in [2.05, 4.69) is 13.0 Å². The number of fused-ring (bicyclic) bond motifs is 1. The van der Waals surface area contributed by atoms with Gasteiger partial charge in [-0.1, -0.05) is 48.9 Å². The first-order valence-corrected chi connectivity index (χ1v) is 6.98. The van der Waals surface area contributed by atoms with Crippen molar-refractivity contribution in [2.45, 2.75) is 25.9 Å². The number of benzene rings is 2. The molecule has 1 aliphatic rings. The first-order valence-electron chi connectivity index (χ1n) is 6.98. The molecule has 108 valence electrons. The number of rotatable bonds is 2. The van der Waals surface area contributed by atoms with Crippen molar-refractivity contribution in [2.24, 2.45) is 0 Å². The van der Waals surface area contributed by atoms with Crippen LogP contribution in [0.25, 0.3) is 17.2 Å². The lowest BCUT2D eigenvalue weighted by atomic mass is 9.96. The molecule has 0 aromatic heterocycles. The summed E-state index contributed by atoms with van der Waals surface area (Å²) in [5.41, 5.74) is 4.48. The molecule has 3 rings (SSSR count). The lowest BCUT2D eigenvalue weighted by Gasteiger charge is -2.11. The van der Waals surface area contributed by atoms with Crippen LogP contribution in [0.2, 0.25) is 0 Å². The van der Waals surface area contributed by atoms with Gasteiger partial charge in [0.15, 0.2) is 0 Å². The normalized spacial score (nSPS) is 14.0. The SMILES string of the molecule is CCC1=Cc2c(cccc2-c2cccc(C(F)(F)F)c2)C1. The molecule has 0 fully saturated rings. The highest BCUT2D eigenvalue weighted by atomic mass is 19.4. The maximum Gasteiger partial charge on any atom is 0.416 e. The predicted octanol–water partition coefficient (Wildman–Crippen LogP) is 5.72. The van der Waals surface area contributed by atoms with Crippen molar-refractivity contribution in [2.75, 3.05) is 0 Å². The molecule has 0 heterocycles. The summed E-state index contributed by atoms with van der Waals surface area (Å²) in [7, 11) is 0. The molecule has 0 N–H and O–H groups in total. The van der Waals surface area contributed by atoms with Crippen LogP contribution in [0.5, 0.6) is 0 Å². The molecule has 0 radical (unpaired) electrons. The second kappa shape index (κ2) is 5.06. The van der Waals surface area contributed by atoms with Crippen molar-refractivity contribution in [1.82, 2.24) is 0 Å². The van der Waals surface area contributed by atoms with Gasteiger partial charge in [0.1, 0.15) is 0 Å². The molecule has 0 aliphatic heterocycles. The van der Waals surface area contributed by atoms with Crippen molar-refractivity contribution in [3.8, 4) is 11.1 Å². The van der Waals surface area contributed by atoms with E-state index in [0.717, 1.165) is 30.0 Å². The van der Waals surface area contributed by atoms with Gasteiger partial charge in [-0.05, 0) is 47.2 Å². The van der Waals surface area contributed by atoms with E-state index in [1.54, 1.807) is 6.07 Å². The summed E-state index contributed by atoms with van der Waals surface area (Å²) in [6, 6.07) is 11.4. The average Bonchev–Trinajstić information content (AvgIpc) is 2.89. The Morgan fingerprint density at radius 3 is 2.52 bits per heavy atom. The molecule has 0 saturated heterocycles. The molecule has 0 bridgehead atoms. The van der Waals surface area contributed by atoms with Crippen molar-refractivity contribution < 1.29 is 13.2 Å². The summed E-state index contributed by atoms with van der Waals surface area (Å²) in [5.74, 6) is 0. The van der Waals surface area contributed by atoms with Crippen LogP contribution in [0.3, 0.4) is 0 Å². The molecule has 0 nitrogen and oxygen atoms in total. The van der Waals surface area contributed by atoms with Crippen LogP contribution in [0.15, 0.2) is 48.0 Å². The molecule has 0 atom stereocenters. The Balaban J connectivity index is 2.11. The number of allylic oxidation sites excluding steroid dienone is 1. The van der Waals surface area contributed by atoms with Crippen molar-refractivity contribution in [3.05, 3.63) is 64.7 Å². The fourth-order valence-corrected chi connectivity index (χ4v) is 2.78. The highest BCUT2D eigenvalue weighted by Gasteiger charge is 2.30. The summed E-state index contributed by atoms with van der Waals surface area (Å²) in [6.07, 6.45) is -0.321. The summed E-state index contributed by atoms with van der Waals surface area (Å²) in [5, 5.41) is 0. The molecule has 21 heavy (non-hydrogen) atoms. The van der Waals surface area contributed by atoms with Gasteiger partial charge in [-0.3, -0.25) is 0 Å². The fraction of sp³-hybridized carbons (Fsp3) is 0.222. The zero-order chi connectivity index (χ0) is 15.0. The van der Waals surface area contributed by atoms with E-state index >= 15 is 0 Å². The zero-order valence-corrected chi connectivity index (χ0v) is 11.7. The molecular weight excluding hydrogens is 273 g/mol. The maximum absolute atomic E-state index is 12.9. The monoisotopic (exact) mass is 288 g/mol. The molecule has 2 aromatic rings. The standard InChI is InChI=1S/C18H15F3/c1-2-12-9-13-6-4-8-16(17(13)10-12)14-5-3-7-15(11-14)18(19,20)21/h3-8,10-11H,2,9H2,1H3. The molecule has 1 aliphatic carbocycles. The van der Waals surface area contributed by atoms with Gasteiger partial charge in [0, 0.05) is 0 Å². The number of hydrogen-bond donors (Lipinski definition) is 0. The summed E-state index contributed by atoms with van der Waals surface area (Å²) < 4.78 is 38.6. The highest BCUT2D eigenvalue weighted by Crippen LogP contribution is 2.37. The Labute approximate surface area is 121 Å². The van der Waals surface area contributed by atoms with E-state index in [4.69, 9.17) is 0 Å². The smallest absolute Gasteiger partial charge is 0.166 e. The third-order valence-electron chi connectivity index (χ3n) is 3.92. The van der Waals surface area contributed by atoms with Gasteiger partial charge >= 0.3 is 6.18 Å². The maximum atomic E-state index is 12.9. The molecule has 0 unspecified atom stereocenters. The Kier molecular flexibility index (Phi) is 3.36. The quantitative estimate of drug-likeness (QED) is 0.662. The Hall–Kier alpha value is -2.03. The molecule has 2 aromatic carbocycles. The van der Waals surface area contributed by atoms with Crippen LogP contribution < -0.4 is 0 Å². The van der Waals surface area contributed by atoms with Crippen LogP contribution in [-0.2, 0) is 12.6 Å². The molecule has 0 amide bonds. The van der Waals surface area contributed by atoms with Crippen LogP contribution in [0.4, 0.5) is 13.2 Å². The van der Waals surface area contributed by atoms with Crippen LogP contribution >= 0.6 is 0 Å². The summed E-state index contributed by atoms with van der Waals surface area (Å²) in [4.78, 5) is 0. The van der Waals surface area contributed by atoms with Crippen LogP contribution in [0, 0.1) is 0 Å². The van der Waals surface area contributed by atoms with Crippen molar-refractivity contribution in [1.29, 1.82) is 0 Å². The summed E-state index contributed by atoms with van der Waals surface area (Å²) >= 11 is 0. The Morgan fingerprint density at radius 1 is 1.05 bits per heavy atom. The lowest BCUT2D eigenvalue weighted by molar-refractivity contribution is -0.137. The van der Waals surface area contributed by atoms with E-state index < -0.39 is 11.7 Å². The van der Waals surface area contributed by atoms with Crippen molar-refractivity contribution >= 4 is 6.08 Å². The van der Waals surface area contributed by atoms with E-state index in [-0.39, 0.29) is 0 Å². The minimum Gasteiger partial charge on any atom is -0.166 e. The summed E-state index contributed by atoms with van der Waals surface area (Å²) in [6.45, 7) is 2.10. The fourth-order valence-electron chi connectivity index (χ4n) is 2.78.